The second-order valence-corrected chi connectivity index (χ2v) is 4.42. The summed E-state index contributed by atoms with van der Waals surface area (Å²) in [5.74, 6) is -1.43. The number of hydrogen-bond donors (Lipinski definition) is 2. The maximum atomic E-state index is 10.9. The third kappa shape index (κ3) is 3.51. The standard InChI is InChI=1S/C12H12N4O3S/c1-19-16-10(11(17)18)9-7-20-12(15-14-9)13-8-5-3-2-4-6-8/h2-7,14H,1H3,(H,13,15)(H,17,18)/p-1/b16-10-. The Morgan fingerprint density at radius 3 is 2.60 bits per heavy atom. The van der Waals surface area contributed by atoms with Crippen molar-refractivity contribution in [3.8, 4) is 0 Å². The summed E-state index contributed by atoms with van der Waals surface area (Å²) in [6.07, 6.45) is 0. The molecule has 1 heterocycles. The minimum Gasteiger partial charge on any atom is -0.543 e. The van der Waals surface area contributed by atoms with Crippen molar-refractivity contribution >= 4 is 34.3 Å². The van der Waals surface area contributed by atoms with Gasteiger partial charge in [-0.3, -0.25) is 10.9 Å². The molecule has 0 atom stereocenters. The summed E-state index contributed by atoms with van der Waals surface area (Å²) in [6.45, 7) is 0. The number of oxime groups is 1. The number of carboxylic acids is 1. The van der Waals surface area contributed by atoms with Crippen LogP contribution < -0.4 is 16.0 Å². The lowest BCUT2D eigenvalue weighted by atomic mass is 10.3. The number of carbonyl (C=O) groups excluding carboxylic acids is 1. The molecule has 2 N–H and O–H groups in total. The number of hydrazine groups is 1. The Labute approximate surface area is 119 Å². The highest BCUT2D eigenvalue weighted by Crippen LogP contribution is 2.17. The zero-order chi connectivity index (χ0) is 14.4. The topological polar surface area (TPSA) is 98.1 Å². The molecule has 1 aromatic rings. The van der Waals surface area contributed by atoms with Crippen LogP contribution in [0.1, 0.15) is 0 Å². The van der Waals surface area contributed by atoms with Gasteiger partial charge in [0.25, 0.3) is 0 Å². The number of hydrogen-bond acceptors (Lipinski definition) is 7. The molecule has 0 bridgehead atoms. The minimum absolute atomic E-state index is 0.240. The van der Waals surface area contributed by atoms with Gasteiger partial charge in [0, 0.05) is 5.41 Å². The van der Waals surface area contributed by atoms with E-state index in [4.69, 9.17) is 0 Å². The molecular formula is C12H11N4O3S-. The van der Waals surface area contributed by atoms with E-state index >= 15 is 0 Å². The Balaban J connectivity index is 2.12. The Kier molecular flexibility index (Phi) is 4.61. The number of aliphatic carboxylic acids is 1. The molecule has 0 radical (unpaired) electrons. The first-order valence-corrected chi connectivity index (χ1v) is 6.44. The van der Waals surface area contributed by atoms with Gasteiger partial charge in [-0.2, -0.15) is 0 Å². The van der Waals surface area contributed by atoms with Crippen molar-refractivity contribution < 1.29 is 14.7 Å². The van der Waals surface area contributed by atoms with Crippen molar-refractivity contribution in [2.45, 2.75) is 0 Å². The van der Waals surface area contributed by atoms with E-state index in [0.29, 0.717) is 5.17 Å². The van der Waals surface area contributed by atoms with E-state index in [1.165, 1.54) is 18.9 Å². The van der Waals surface area contributed by atoms with Crippen LogP contribution in [0, 0.1) is 0 Å². The Morgan fingerprint density at radius 1 is 1.30 bits per heavy atom. The molecule has 0 amide bonds. The smallest absolute Gasteiger partial charge is 0.184 e. The van der Waals surface area contributed by atoms with E-state index in [-0.39, 0.29) is 11.4 Å². The number of carbonyl (C=O) groups is 1. The van der Waals surface area contributed by atoms with Crippen molar-refractivity contribution in [2.24, 2.45) is 10.1 Å². The minimum atomic E-state index is -1.43. The average Bonchev–Trinajstić information content (AvgIpc) is 2.47. The molecule has 0 saturated heterocycles. The molecule has 20 heavy (non-hydrogen) atoms. The molecule has 104 valence electrons. The molecule has 8 heteroatoms. The second-order valence-electron chi connectivity index (χ2n) is 3.56. The molecule has 2 rings (SSSR count). The number of amidine groups is 1. The zero-order valence-electron chi connectivity index (χ0n) is 10.5. The molecule has 1 aliphatic rings. The van der Waals surface area contributed by atoms with Crippen LogP contribution in [0.15, 0.2) is 51.6 Å². The van der Waals surface area contributed by atoms with Gasteiger partial charge >= 0.3 is 0 Å². The van der Waals surface area contributed by atoms with Gasteiger partial charge in [-0.15, -0.1) is 0 Å². The highest BCUT2D eigenvalue weighted by atomic mass is 32.2. The monoisotopic (exact) mass is 291 g/mol. The lowest BCUT2D eigenvalue weighted by Crippen LogP contribution is -2.44. The van der Waals surface area contributed by atoms with Crippen LogP contribution in [0.25, 0.3) is 0 Å². The van der Waals surface area contributed by atoms with E-state index in [1.54, 1.807) is 5.41 Å². The fourth-order valence-corrected chi connectivity index (χ4v) is 2.04. The maximum absolute atomic E-state index is 10.9. The van der Waals surface area contributed by atoms with Crippen LogP contribution >= 0.6 is 11.8 Å². The second kappa shape index (κ2) is 6.62. The summed E-state index contributed by atoms with van der Waals surface area (Å²) in [7, 11) is 1.26. The Hall–Kier alpha value is -2.48. The quantitative estimate of drug-likeness (QED) is 0.603. The lowest BCUT2D eigenvalue weighted by Gasteiger charge is -2.19. The summed E-state index contributed by atoms with van der Waals surface area (Å²) in [5, 5.41) is 16.4. The lowest BCUT2D eigenvalue weighted by molar-refractivity contribution is -0.294. The van der Waals surface area contributed by atoms with Crippen LogP contribution in [0.4, 0.5) is 5.69 Å². The van der Waals surface area contributed by atoms with Gasteiger partial charge in [-0.05, 0) is 12.1 Å². The van der Waals surface area contributed by atoms with E-state index in [2.05, 4.69) is 25.8 Å². The van der Waals surface area contributed by atoms with E-state index in [0.717, 1.165) is 5.69 Å². The van der Waals surface area contributed by atoms with Crippen molar-refractivity contribution in [3.63, 3.8) is 0 Å². The summed E-state index contributed by atoms with van der Waals surface area (Å²) in [4.78, 5) is 19.7. The molecule has 1 aliphatic heterocycles. The van der Waals surface area contributed by atoms with E-state index < -0.39 is 5.97 Å². The van der Waals surface area contributed by atoms with Crippen molar-refractivity contribution in [3.05, 3.63) is 41.4 Å². The highest BCUT2D eigenvalue weighted by molar-refractivity contribution is 8.16. The number of nitrogens with one attached hydrogen (secondary N) is 2. The maximum Gasteiger partial charge on any atom is 0.184 e. The molecule has 0 fully saturated rings. The molecular weight excluding hydrogens is 280 g/mol. The predicted molar refractivity (Wildman–Crippen MR) is 74.9 cm³/mol. The number of aliphatic imine (C=N–C) groups is 1. The first-order chi connectivity index (χ1) is 9.70. The Morgan fingerprint density at radius 2 is 2.05 bits per heavy atom. The summed E-state index contributed by atoms with van der Waals surface area (Å²) in [5.41, 5.74) is 6.16. The van der Waals surface area contributed by atoms with Crippen molar-refractivity contribution in [1.82, 2.24) is 10.9 Å². The molecule has 0 unspecified atom stereocenters. The molecule has 7 nitrogen and oxygen atoms in total. The van der Waals surface area contributed by atoms with Gasteiger partial charge < -0.3 is 14.7 Å². The molecule has 1 aromatic carbocycles. The summed E-state index contributed by atoms with van der Waals surface area (Å²) >= 11 is 1.22. The largest absolute Gasteiger partial charge is 0.543 e. The van der Waals surface area contributed by atoms with Crippen LogP contribution in [-0.4, -0.2) is 24.0 Å². The summed E-state index contributed by atoms with van der Waals surface area (Å²) < 4.78 is 0. The van der Waals surface area contributed by atoms with Gasteiger partial charge in [0.1, 0.15) is 7.11 Å². The average molecular weight is 291 g/mol. The third-order valence-corrected chi connectivity index (χ3v) is 2.98. The Bertz CT molecular complexity index is 584. The predicted octanol–water partition coefficient (Wildman–Crippen LogP) is 0.109. The van der Waals surface area contributed by atoms with Crippen molar-refractivity contribution in [1.29, 1.82) is 0 Å². The number of rotatable bonds is 4. The molecule has 0 aromatic heterocycles. The van der Waals surface area contributed by atoms with Crippen LogP contribution in [-0.2, 0) is 9.63 Å². The van der Waals surface area contributed by atoms with E-state index in [9.17, 15) is 9.90 Å². The number of benzene rings is 1. The van der Waals surface area contributed by atoms with Crippen molar-refractivity contribution in [2.75, 3.05) is 7.11 Å². The first kappa shape index (κ1) is 13.9. The van der Waals surface area contributed by atoms with Gasteiger partial charge in [0.15, 0.2) is 10.9 Å². The number of carboxylic acid groups (broad SMARTS) is 1. The van der Waals surface area contributed by atoms with Gasteiger partial charge in [0.05, 0.1) is 17.4 Å². The SMILES string of the molecule is CO/N=C(\C(=O)[O-])C1=CSC(=Nc2ccccc2)NN1. The zero-order valence-corrected chi connectivity index (χ0v) is 11.3. The first-order valence-electron chi connectivity index (χ1n) is 5.56. The molecule has 0 spiro atoms. The molecule has 0 aliphatic carbocycles. The van der Waals surface area contributed by atoms with Gasteiger partial charge in [-0.1, -0.05) is 35.1 Å². The molecule has 0 saturated carbocycles. The van der Waals surface area contributed by atoms with Gasteiger partial charge in [0.2, 0.25) is 0 Å². The van der Waals surface area contributed by atoms with Crippen LogP contribution in [0.2, 0.25) is 0 Å². The summed E-state index contributed by atoms with van der Waals surface area (Å²) in [6, 6.07) is 9.36. The highest BCUT2D eigenvalue weighted by Gasteiger charge is 2.15. The van der Waals surface area contributed by atoms with Gasteiger partial charge in [-0.25, -0.2) is 4.99 Å². The number of nitrogens with zero attached hydrogens (tertiary/aromatic N) is 2. The van der Waals surface area contributed by atoms with Crippen LogP contribution in [0.3, 0.4) is 0 Å². The number of thioether (sulfide) groups is 1. The normalized spacial score (nSPS) is 16.9. The third-order valence-electron chi connectivity index (χ3n) is 2.21. The number of para-hydroxylation sites is 1. The fraction of sp³-hybridized carbons (Fsp3) is 0.0833. The van der Waals surface area contributed by atoms with Crippen LogP contribution in [0.5, 0.6) is 0 Å². The van der Waals surface area contributed by atoms with E-state index in [1.807, 2.05) is 30.3 Å². The fourth-order valence-electron chi connectivity index (χ4n) is 1.37.